The number of rotatable bonds is 4. The number of carbonyl (C=O) groups excluding carboxylic acids is 1. The summed E-state index contributed by atoms with van der Waals surface area (Å²) in [5, 5.41) is 7.73. The van der Waals surface area contributed by atoms with Crippen LogP contribution in [0.25, 0.3) is 11.4 Å². The molecule has 0 spiro atoms. The minimum absolute atomic E-state index is 0.128. The highest BCUT2D eigenvalue weighted by Gasteiger charge is 2.16. The molecule has 0 atom stereocenters. The van der Waals surface area contributed by atoms with E-state index in [-0.39, 0.29) is 10.5 Å². The fraction of sp³-hybridized carbons (Fsp3) is 0. The van der Waals surface area contributed by atoms with E-state index >= 15 is 0 Å². The third-order valence-electron chi connectivity index (χ3n) is 3.45. The van der Waals surface area contributed by atoms with Crippen LogP contribution in [0.3, 0.4) is 0 Å². The highest BCUT2D eigenvalue weighted by Crippen LogP contribution is 2.22. The lowest BCUT2D eigenvalue weighted by Crippen LogP contribution is -2.16. The Morgan fingerprint density at radius 1 is 1.04 bits per heavy atom. The van der Waals surface area contributed by atoms with Gasteiger partial charge in [-0.25, -0.2) is 23.5 Å². The molecule has 0 aliphatic heterocycles. The SMILES string of the molecule is NS(=O)(=O)c1ccc(Br)c(C(=O)Nc2cnc(-c3ccccc3)nc2)c1. The lowest BCUT2D eigenvalue weighted by molar-refractivity contribution is 0.102. The first kappa shape index (κ1) is 18.2. The molecular weight excluding hydrogens is 420 g/mol. The van der Waals surface area contributed by atoms with Crippen molar-refractivity contribution in [3.8, 4) is 11.4 Å². The fourth-order valence-electron chi connectivity index (χ4n) is 2.18. The lowest BCUT2D eigenvalue weighted by atomic mass is 10.2. The highest BCUT2D eigenvalue weighted by atomic mass is 79.9. The van der Waals surface area contributed by atoms with Crippen molar-refractivity contribution in [2.45, 2.75) is 4.90 Å². The molecule has 7 nitrogen and oxygen atoms in total. The van der Waals surface area contributed by atoms with E-state index in [1.54, 1.807) is 0 Å². The Kier molecular flexibility index (Phi) is 5.12. The van der Waals surface area contributed by atoms with Gasteiger partial charge in [-0.3, -0.25) is 4.79 Å². The summed E-state index contributed by atoms with van der Waals surface area (Å²) in [6.45, 7) is 0. The van der Waals surface area contributed by atoms with Gasteiger partial charge in [0.25, 0.3) is 5.91 Å². The molecule has 0 bridgehead atoms. The summed E-state index contributed by atoms with van der Waals surface area (Å²) < 4.78 is 23.4. The van der Waals surface area contributed by atoms with Gasteiger partial charge in [0.2, 0.25) is 10.0 Å². The number of primary sulfonamides is 1. The molecule has 1 amide bonds. The van der Waals surface area contributed by atoms with E-state index in [2.05, 4.69) is 31.2 Å². The molecule has 9 heteroatoms. The molecule has 0 fully saturated rings. The van der Waals surface area contributed by atoms with Crippen LogP contribution in [-0.2, 0) is 10.0 Å². The number of hydrogen-bond acceptors (Lipinski definition) is 5. The van der Waals surface area contributed by atoms with E-state index < -0.39 is 15.9 Å². The topological polar surface area (TPSA) is 115 Å². The second-order valence-corrected chi connectivity index (χ2v) is 7.72. The molecule has 3 N–H and O–H groups in total. The summed E-state index contributed by atoms with van der Waals surface area (Å²) in [6.07, 6.45) is 2.95. The first-order chi connectivity index (χ1) is 12.3. The van der Waals surface area contributed by atoms with Crippen LogP contribution < -0.4 is 10.5 Å². The van der Waals surface area contributed by atoms with Crippen LogP contribution in [0.2, 0.25) is 0 Å². The van der Waals surface area contributed by atoms with Gasteiger partial charge < -0.3 is 5.32 Å². The Morgan fingerprint density at radius 2 is 1.69 bits per heavy atom. The Hall–Kier alpha value is -2.62. The van der Waals surface area contributed by atoms with Crippen LogP contribution in [0.5, 0.6) is 0 Å². The number of nitrogens with zero attached hydrogens (tertiary/aromatic N) is 2. The maximum atomic E-state index is 12.4. The van der Waals surface area contributed by atoms with Gasteiger partial charge in [-0.05, 0) is 34.1 Å². The van der Waals surface area contributed by atoms with Crippen molar-refractivity contribution < 1.29 is 13.2 Å². The Balaban J connectivity index is 1.82. The van der Waals surface area contributed by atoms with Gasteiger partial charge in [0.05, 0.1) is 28.5 Å². The molecule has 2 aromatic carbocycles. The van der Waals surface area contributed by atoms with Gasteiger partial charge >= 0.3 is 0 Å². The number of amides is 1. The van der Waals surface area contributed by atoms with Gasteiger partial charge in [0, 0.05) is 10.0 Å². The molecule has 1 heterocycles. The molecule has 0 aliphatic carbocycles. The van der Waals surface area contributed by atoms with Crippen LogP contribution in [0.4, 0.5) is 5.69 Å². The van der Waals surface area contributed by atoms with Gasteiger partial charge in [0.1, 0.15) is 0 Å². The Bertz CT molecular complexity index is 1060. The summed E-state index contributed by atoms with van der Waals surface area (Å²) in [7, 11) is -3.91. The van der Waals surface area contributed by atoms with Gasteiger partial charge in [-0.2, -0.15) is 0 Å². The molecule has 0 saturated heterocycles. The zero-order chi connectivity index (χ0) is 18.7. The van der Waals surface area contributed by atoms with Crippen molar-refractivity contribution in [2.75, 3.05) is 5.32 Å². The number of hydrogen-bond donors (Lipinski definition) is 2. The molecule has 1 aromatic heterocycles. The largest absolute Gasteiger partial charge is 0.319 e. The molecule has 0 saturated carbocycles. The third kappa shape index (κ3) is 4.13. The molecule has 3 rings (SSSR count). The van der Waals surface area contributed by atoms with Crippen LogP contribution in [-0.4, -0.2) is 24.3 Å². The van der Waals surface area contributed by atoms with E-state index in [0.717, 1.165) is 5.56 Å². The van der Waals surface area contributed by atoms with Crippen molar-refractivity contribution in [3.05, 3.63) is 71.0 Å². The zero-order valence-corrected chi connectivity index (χ0v) is 15.7. The first-order valence-electron chi connectivity index (χ1n) is 7.36. The number of nitrogens with two attached hydrogens (primary N) is 1. The van der Waals surface area contributed by atoms with Crippen molar-refractivity contribution in [3.63, 3.8) is 0 Å². The van der Waals surface area contributed by atoms with E-state index in [9.17, 15) is 13.2 Å². The van der Waals surface area contributed by atoms with Crippen molar-refractivity contribution in [2.24, 2.45) is 5.14 Å². The van der Waals surface area contributed by atoms with Crippen LogP contribution in [0.1, 0.15) is 10.4 Å². The van der Waals surface area contributed by atoms with Crippen LogP contribution in [0, 0.1) is 0 Å². The number of sulfonamides is 1. The van der Waals surface area contributed by atoms with E-state index in [1.807, 2.05) is 30.3 Å². The molecule has 0 radical (unpaired) electrons. The molecule has 132 valence electrons. The number of carbonyl (C=O) groups is 1. The average Bonchev–Trinajstić information content (AvgIpc) is 2.62. The van der Waals surface area contributed by atoms with Gasteiger partial charge in [-0.1, -0.05) is 30.3 Å². The highest BCUT2D eigenvalue weighted by molar-refractivity contribution is 9.10. The summed E-state index contributed by atoms with van der Waals surface area (Å²) in [5.74, 6) is 0.0134. The van der Waals surface area contributed by atoms with Crippen LogP contribution in [0.15, 0.2) is 70.3 Å². The van der Waals surface area contributed by atoms with E-state index in [4.69, 9.17) is 5.14 Å². The molecule has 0 unspecified atom stereocenters. The van der Waals surface area contributed by atoms with Crippen LogP contribution >= 0.6 is 15.9 Å². The maximum absolute atomic E-state index is 12.4. The quantitative estimate of drug-likeness (QED) is 0.657. The lowest BCUT2D eigenvalue weighted by Gasteiger charge is -2.08. The van der Waals surface area contributed by atoms with Gasteiger partial charge in [0.15, 0.2) is 5.82 Å². The summed E-state index contributed by atoms with van der Waals surface area (Å²) in [4.78, 5) is 20.7. The Labute approximate surface area is 158 Å². The van der Waals surface area contributed by atoms with Crippen molar-refractivity contribution >= 4 is 37.5 Å². The summed E-state index contributed by atoms with van der Waals surface area (Å²) in [6, 6.07) is 13.4. The average molecular weight is 433 g/mol. The van der Waals surface area contributed by atoms with Crippen molar-refractivity contribution in [1.29, 1.82) is 0 Å². The number of benzene rings is 2. The Morgan fingerprint density at radius 3 is 2.31 bits per heavy atom. The maximum Gasteiger partial charge on any atom is 0.256 e. The van der Waals surface area contributed by atoms with Gasteiger partial charge in [-0.15, -0.1) is 0 Å². The monoisotopic (exact) mass is 432 g/mol. The van der Waals surface area contributed by atoms with E-state index in [1.165, 1.54) is 30.6 Å². The summed E-state index contributed by atoms with van der Waals surface area (Å²) >= 11 is 3.23. The fourth-order valence-corrected chi connectivity index (χ4v) is 3.15. The first-order valence-corrected chi connectivity index (χ1v) is 9.70. The predicted octanol–water partition coefficient (Wildman–Crippen LogP) is 2.81. The summed E-state index contributed by atoms with van der Waals surface area (Å²) in [5.41, 5.74) is 1.36. The molecule has 0 aliphatic rings. The molecule has 3 aromatic rings. The third-order valence-corrected chi connectivity index (χ3v) is 5.06. The molecular formula is C17H13BrN4O3S. The number of nitrogens with one attached hydrogen (secondary N) is 1. The second kappa shape index (κ2) is 7.32. The number of halogens is 1. The minimum Gasteiger partial charge on any atom is -0.319 e. The molecule has 26 heavy (non-hydrogen) atoms. The standard InChI is InChI=1S/C17H13BrN4O3S/c18-15-7-6-13(26(19,24)25)8-14(15)17(23)22-12-9-20-16(21-10-12)11-4-2-1-3-5-11/h1-10H,(H,22,23)(H2,19,24,25). The predicted molar refractivity (Wildman–Crippen MR) is 101 cm³/mol. The number of aromatic nitrogens is 2. The smallest absolute Gasteiger partial charge is 0.256 e. The van der Waals surface area contributed by atoms with Crippen molar-refractivity contribution in [1.82, 2.24) is 9.97 Å². The van der Waals surface area contributed by atoms with E-state index in [0.29, 0.717) is 16.0 Å². The number of anilines is 1. The zero-order valence-electron chi connectivity index (χ0n) is 13.3. The second-order valence-electron chi connectivity index (χ2n) is 5.30. The normalized spacial score (nSPS) is 11.2. The minimum atomic E-state index is -3.91.